The van der Waals surface area contributed by atoms with Crippen LogP contribution in [0.25, 0.3) is 0 Å². The van der Waals surface area contributed by atoms with Gasteiger partial charge in [-0.1, -0.05) is 25.1 Å². The monoisotopic (exact) mass is 416 g/mol. The first kappa shape index (κ1) is 23.1. The predicted octanol–water partition coefficient (Wildman–Crippen LogP) is 2.92. The average Bonchev–Trinajstić information content (AvgIpc) is 2.71. The van der Waals surface area contributed by atoms with Crippen LogP contribution in [0.1, 0.15) is 38.6 Å². The smallest absolute Gasteiger partial charge is 0.183 e. The van der Waals surface area contributed by atoms with Crippen LogP contribution in [0.4, 0.5) is 14.6 Å². The zero-order valence-corrected chi connectivity index (χ0v) is 17.2. The lowest BCUT2D eigenvalue weighted by Gasteiger charge is -2.23. The van der Waals surface area contributed by atoms with Gasteiger partial charge in [0.05, 0.1) is 11.9 Å². The number of ketones is 1. The predicted molar refractivity (Wildman–Crippen MR) is 112 cm³/mol. The summed E-state index contributed by atoms with van der Waals surface area (Å²) in [6.07, 6.45) is 2.86. The number of aromatic nitrogens is 2. The molecule has 0 amide bonds. The first-order valence-electron chi connectivity index (χ1n) is 9.47. The summed E-state index contributed by atoms with van der Waals surface area (Å²) in [4.78, 5) is 19.8. The van der Waals surface area contributed by atoms with Crippen LogP contribution in [0.5, 0.6) is 0 Å². The molecule has 5 N–H and O–H groups in total. The van der Waals surface area contributed by atoms with Crippen LogP contribution >= 0.6 is 0 Å². The molecule has 2 aromatic rings. The van der Waals surface area contributed by atoms with Gasteiger partial charge in [-0.15, -0.1) is 0 Å². The Morgan fingerprint density at radius 3 is 2.63 bits per heavy atom. The van der Waals surface area contributed by atoms with Crippen LogP contribution in [0.2, 0.25) is 0 Å². The van der Waals surface area contributed by atoms with Gasteiger partial charge in [-0.25, -0.2) is 18.7 Å². The minimum Gasteiger partial charge on any atom is -0.378 e. The zero-order valence-electron chi connectivity index (χ0n) is 17.2. The number of nitrogens with two attached hydrogens (primary N) is 1. The number of hydrogen-bond donors (Lipinski definition) is 4. The third kappa shape index (κ3) is 6.41. The van der Waals surface area contributed by atoms with E-state index in [1.165, 1.54) is 19.1 Å². The number of anilines is 1. The van der Waals surface area contributed by atoms with Crippen molar-refractivity contribution in [2.75, 3.05) is 11.9 Å². The number of halogens is 2. The van der Waals surface area contributed by atoms with Gasteiger partial charge in [0.15, 0.2) is 23.2 Å². The Morgan fingerprint density at radius 2 is 2.00 bits per heavy atom. The Balaban J connectivity index is 2.18. The highest BCUT2D eigenvalue weighted by atomic mass is 19.1. The normalized spacial score (nSPS) is 13.5. The Hall–Kier alpha value is -3.20. The summed E-state index contributed by atoms with van der Waals surface area (Å²) in [5.41, 5.74) is 5.76. The van der Waals surface area contributed by atoms with Crippen molar-refractivity contribution >= 4 is 17.3 Å². The molecule has 1 unspecified atom stereocenters. The summed E-state index contributed by atoms with van der Waals surface area (Å²) in [6.45, 7) is 5.41. The number of Topliss-reactive ketones (excluding diaryl/α,β-unsaturated/α-hetero) is 1. The van der Waals surface area contributed by atoms with Gasteiger partial charge in [0.25, 0.3) is 0 Å². The lowest BCUT2D eigenvalue weighted by atomic mass is 10.0. The molecule has 9 heteroatoms. The molecule has 0 fully saturated rings. The first-order valence-corrected chi connectivity index (χ1v) is 9.47. The number of rotatable bonds is 10. The van der Waals surface area contributed by atoms with Crippen molar-refractivity contribution in [2.24, 2.45) is 5.73 Å². The Labute approximate surface area is 174 Å². The number of carbonyl (C=O) groups excluding carboxylic acids is 1. The van der Waals surface area contributed by atoms with Crippen molar-refractivity contribution < 1.29 is 13.6 Å². The van der Waals surface area contributed by atoms with Crippen LogP contribution in [0.15, 0.2) is 42.2 Å². The number of carbonyl (C=O) groups is 1. The molecule has 1 atom stereocenters. The summed E-state index contributed by atoms with van der Waals surface area (Å²) in [7, 11) is 0. The van der Waals surface area contributed by atoms with E-state index in [0.717, 1.165) is 6.20 Å². The third-order valence-corrected chi connectivity index (χ3v) is 4.55. The minimum atomic E-state index is -0.674. The molecular formula is C21H26F2N6O. The second-order valence-electron chi connectivity index (χ2n) is 7.22. The summed E-state index contributed by atoms with van der Waals surface area (Å²) in [5, 5.41) is 13.9. The van der Waals surface area contributed by atoms with Gasteiger partial charge in [0.2, 0.25) is 0 Å². The van der Waals surface area contributed by atoms with E-state index in [1.54, 1.807) is 18.2 Å². The van der Waals surface area contributed by atoms with Crippen LogP contribution in [-0.2, 0) is 11.3 Å². The van der Waals surface area contributed by atoms with E-state index in [4.69, 9.17) is 11.1 Å². The van der Waals surface area contributed by atoms with E-state index >= 15 is 0 Å². The second-order valence-corrected chi connectivity index (χ2v) is 7.22. The number of allylic oxidation sites excluding steroid dienone is 2. The van der Waals surface area contributed by atoms with Crippen molar-refractivity contribution in [3.05, 3.63) is 65.3 Å². The third-order valence-electron chi connectivity index (χ3n) is 4.55. The van der Waals surface area contributed by atoms with E-state index in [0.29, 0.717) is 12.0 Å². The number of nitrogens with zero attached hydrogens (tertiary/aromatic N) is 2. The molecule has 1 heterocycles. The molecule has 160 valence electrons. The SMILES string of the molecule is CCC(C)(N)CNc1nc(C(=N)/C=C(\NCc2ccccc2F)C(C)=O)ncc1F. The largest absolute Gasteiger partial charge is 0.378 e. The van der Waals surface area contributed by atoms with Crippen LogP contribution < -0.4 is 16.4 Å². The van der Waals surface area contributed by atoms with Crippen molar-refractivity contribution in [1.29, 1.82) is 5.41 Å². The fourth-order valence-corrected chi connectivity index (χ4v) is 2.35. The van der Waals surface area contributed by atoms with Gasteiger partial charge in [-0.2, -0.15) is 0 Å². The Bertz CT molecular complexity index is 958. The van der Waals surface area contributed by atoms with Crippen molar-refractivity contribution in [1.82, 2.24) is 15.3 Å². The molecule has 0 radical (unpaired) electrons. The summed E-state index contributed by atoms with van der Waals surface area (Å²) < 4.78 is 27.8. The Kier molecular flexibility index (Phi) is 7.71. The molecule has 1 aromatic heterocycles. The molecule has 0 bridgehead atoms. The molecule has 7 nitrogen and oxygen atoms in total. The summed E-state index contributed by atoms with van der Waals surface area (Å²) >= 11 is 0. The fraction of sp³-hybridized carbons (Fsp3) is 0.333. The van der Waals surface area contributed by atoms with Crippen molar-refractivity contribution in [3.63, 3.8) is 0 Å². The minimum absolute atomic E-state index is 0.0640. The topological polar surface area (TPSA) is 117 Å². The maximum Gasteiger partial charge on any atom is 0.183 e. The maximum absolute atomic E-state index is 14.0. The molecule has 0 aliphatic rings. The zero-order chi connectivity index (χ0) is 22.3. The second kappa shape index (κ2) is 10.0. The first-order chi connectivity index (χ1) is 14.1. The lowest BCUT2D eigenvalue weighted by molar-refractivity contribution is -0.114. The highest BCUT2D eigenvalue weighted by molar-refractivity contribution is 6.09. The van der Waals surface area contributed by atoms with Gasteiger partial charge in [0, 0.05) is 31.1 Å². The van der Waals surface area contributed by atoms with Gasteiger partial charge in [-0.3, -0.25) is 10.2 Å². The number of nitrogens with one attached hydrogen (secondary N) is 3. The maximum atomic E-state index is 14.0. The molecule has 30 heavy (non-hydrogen) atoms. The van der Waals surface area contributed by atoms with Crippen LogP contribution in [0.3, 0.4) is 0 Å². The Morgan fingerprint density at radius 1 is 1.30 bits per heavy atom. The van der Waals surface area contributed by atoms with E-state index in [9.17, 15) is 13.6 Å². The van der Waals surface area contributed by atoms with Gasteiger partial charge >= 0.3 is 0 Å². The van der Waals surface area contributed by atoms with Crippen molar-refractivity contribution in [3.8, 4) is 0 Å². The van der Waals surface area contributed by atoms with E-state index in [-0.39, 0.29) is 41.9 Å². The molecule has 2 rings (SSSR count). The number of benzene rings is 1. The van der Waals surface area contributed by atoms with Gasteiger partial charge < -0.3 is 16.4 Å². The highest BCUT2D eigenvalue weighted by Gasteiger charge is 2.18. The molecule has 0 saturated carbocycles. The van der Waals surface area contributed by atoms with E-state index in [2.05, 4.69) is 20.6 Å². The van der Waals surface area contributed by atoms with Crippen LogP contribution in [-0.4, -0.2) is 33.5 Å². The molecule has 0 aliphatic carbocycles. The standard InChI is InChI=1S/C21H26F2N6O/c1-4-21(3,25)12-28-19-16(23)11-27-20(29-19)17(24)9-18(13(2)30)26-10-14-7-5-6-8-15(14)22/h5-9,11,24,26H,4,10,12,25H2,1-3H3,(H,27,28,29)/b18-9-,24-17?. The molecule has 0 saturated heterocycles. The molecular weight excluding hydrogens is 390 g/mol. The quantitative estimate of drug-likeness (QED) is 0.350. The van der Waals surface area contributed by atoms with Crippen LogP contribution in [0, 0.1) is 17.0 Å². The van der Waals surface area contributed by atoms with E-state index in [1.807, 2.05) is 13.8 Å². The van der Waals surface area contributed by atoms with E-state index < -0.39 is 17.2 Å². The number of hydrogen-bond acceptors (Lipinski definition) is 7. The lowest BCUT2D eigenvalue weighted by Crippen LogP contribution is -2.42. The summed E-state index contributed by atoms with van der Waals surface area (Å²) in [6, 6.07) is 6.17. The van der Waals surface area contributed by atoms with Crippen molar-refractivity contribution in [2.45, 2.75) is 39.3 Å². The van der Waals surface area contributed by atoms with Gasteiger partial charge in [0.1, 0.15) is 11.5 Å². The molecule has 0 aliphatic heterocycles. The molecule has 0 spiro atoms. The highest BCUT2D eigenvalue weighted by Crippen LogP contribution is 2.13. The average molecular weight is 416 g/mol. The molecule has 1 aromatic carbocycles. The fourth-order valence-electron chi connectivity index (χ4n) is 2.35. The summed E-state index contributed by atoms with van der Waals surface area (Å²) in [5.74, 6) is -1.57. The van der Waals surface area contributed by atoms with Gasteiger partial charge in [-0.05, 0) is 25.5 Å².